The minimum Gasteiger partial charge on any atom is -0.480 e. The third kappa shape index (κ3) is 8.25. The number of rotatable bonds is 6. The molecule has 0 heterocycles. The second-order valence-electron chi connectivity index (χ2n) is 4.88. The molecule has 0 spiro atoms. The average molecular weight is 358 g/mol. The molecule has 0 unspecified atom stereocenters. The van der Waals surface area contributed by atoms with E-state index >= 15 is 0 Å². The number of nitrogens with one attached hydrogen (secondary N) is 2. The first-order chi connectivity index (χ1) is 12.4. The van der Waals surface area contributed by atoms with Crippen LogP contribution in [0.4, 0.5) is 0 Å². The van der Waals surface area contributed by atoms with Crippen LogP contribution in [0.3, 0.4) is 0 Å². The van der Waals surface area contributed by atoms with Crippen LogP contribution in [0.15, 0.2) is 60.7 Å². The van der Waals surface area contributed by atoms with Crippen LogP contribution in [0.2, 0.25) is 0 Å². The summed E-state index contributed by atoms with van der Waals surface area (Å²) in [6, 6.07) is 16.9. The van der Waals surface area contributed by atoms with Gasteiger partial charge >= 0.3 is 11.9 Å². The molecule has 0 aliphatic rings. The van der Waals surface area contributed by atoms with Crippen LogP contribution >= 0.6 is 0 Å². The van der Waals surface area contributed by atoms with E-state index in [4.69, 9.17) is 10.2 Å². The first-order valence-corrected chi connectivity index (χ1v) is 7.50. The van der Waals surface area contributed by atoms with Crippen LogP contribution in [0.5, 0.6) is 0 Å². The number of hydrogen-bond acceptors (Lipinski definition) is 4. The minimum absolute atomic E-state index is 0.353. The summed E-state index contributed by atoms with van der Waals surface area (Å²) >= 11 is 0. The standard InChI is InChI=1S/2C9H9NO3/c2*11-8(12)6-10-9(13)7-4-2-1-3-5-7/h2*1-5H,6H2,(H,10,13)(H,11,12). The molecule has 0 saturated carbocycles. The highest BCUT2D eigenvalue weighted by Crippen LogP contribution is 1.97. The molecule has 26 heavy (non-hydrogen) atoms. The summed E-state index contributed by atoms with van der Waals surface area (Å²) in [5.41, 5.74) is 0.924. The van der Waals surface area contributed by atoms with E-state index in [1.807, 2.05) is 0 Å². The van der Waals surface area contributed by atoms with Crippen LogP contribution in [0, 0.1) is 0 Å². The highest BCUT2D eigenvalue weighted by atomic mass is 16.4. The van der Waals surface area contributed by atoms with Crippen molar-refractivity contribution in [1.82, 2.24) is 10.6 Å². The van der Waals surface area contributed by atoms with Crippen molar-refractivity contribution in [2.75, 3.05) is 13.1 Å². The van der Waals surface area contributed by atoms with Crippen molar-refractivity contribution in [2.24, 2.45) is 0 Å². The van der Waals surface area contributed by atoms with Crippen molar-refractivity contribution in [3.05, 3.63) is 71.8 Å². The quantitative estimate of drug-likeness (QED) is 0.609. The average Bonchev–Trinajstić information content (AvgIpc) is 2.66. The fraction of sp³-hybridized carbons (Fsp3) is 0.111. The summed E-state index contributed by atoms with van der Waals surface area (Å²) in [4.78, 5) is 42.6. The van der Waals surface area contributed by atoms with Gasteiger partial charge in [0, 0.05) is 11.1 Å². The molecule has 2 amide bonds. The third-order valence-electron chi connectivity index (χ3n) is 2.87. The number of amides is 2. The van der Waals surface area contributed by atoms with Crippen LogP contribution in [-0.4, -0.2) is 47.1 Å². The zero-order valence-corrected chi connectivity index (χ0v) is 13.7. The summed E-state index contributed by atoms with van der Waals surface area (Å²) in [6.45, 7) is -0.707. The molecule has 0 saturated heterocycles. The van der Waals surface area contributed by atoms with E-state index in [1.165, 1.54) is 0 Å². The van der Waals surface area contributed by atoms with Gasteiger partial charge in [-0.15, -0.1) is 0 Å². The van der Waals surface area contributed by atoms with Crippen molar-refractivity contribution < 1.29 is 29.4 Å². The van der Waals surface area contributed by atoms with E-state index in [-0.39, 0.29) is 24.9 Å². The summed E-state index contributed by atoms with van der Waals surface area (Å²) in [5, 5.41) is 21.1. The number of carboxylic acid groups (broad SMARTS) is 2. The summed E-state index contributed by atoms with van der Waals surface area (Å²) in [6.07, 6.45) is 0. The van der Waals surface area contributed by atoms with E-state index in [9.17, 15) is 19.2 Å². The van der Waals surface area contributed by atoms with Crippen molar-refractivity contribution in [3.63, 3.8) is 0 Å². The Morgan fingerprint density at radius 1 is 0.615 bits per heavy atom. The Morgan fingerprint density at radius 2 is 0.923 bits per heavy atom. The summed E-state index contributed by atoms with van der Waals surface area (Å²) in [5.74, 6) is -2.85. The number of aliphatic carboxylic acids is 2. The molecule has 0 aliphatic carbocycles. The number of hydrogen-bond donors (Lipinski definition) is 4. The molecule has 4 N–H and O–H groups in total. The fourth-order valence-corrected chi connectivity index (χ4v) is 1.69. The Balaban J connectivity index is 0.000000260. The predicted molar refractivity (Wildman–Crippen MR) is 92.8 cm³/mol. The van der Waals surface area contributed by atoms with Crippen molar-refractivity contribution >= 4 is 23.8 Å². The van der Waals surface area contributed by atoms with E-state index in [1.54, 1.807) is 60.7 Å². The van der Waals surface area contributed by atoms with Gasteiger partial charge in [-0.1, -0.05) is 36.4 Å². The number of carbonyl (C=O) groups excluding carboxylic acids is 2. The summed E-state index contributed by atoms with van der Waals surface area (Å²) in [7, 11) is 0. The van der Waals surface area contributed by atoms with Gasteiger partial charge in [0.1, 0.15) is 13.1 Å². The zero-order chi connectivity index (χ0) is 19.4. The zero-order valence-electron chi connectivity index (χ0n) is 13.7. The Morgan fingerprint density at radius 3 is 1.19 bits per heavy atom. The molecule has 0 fully saturated rings. The van der Waals surface area contributed by atoms with Crippen LogP contribution in [0.25, 0.3) is 0 Å². The number of carboxylic acids is 2. The van der Waals surface area contributed by atoms with Crippen LogP contribution < -0.4 is 10.6 Å². The number of carbonyl (C=O) groups is 4. The minimum atomic E-state index is -1.05. The van der Waals surface area contributed by atoms with E-state index in [0.717, 1.165) is 0 Å². The molecule has 2 aromatic carbocycles. The lowest BCUT2D eigenvalue weighted by Gasteiger charge is -2.00. The molecule has 0 aromatic heterocycles. The number of benzene rings is 2. The SMILES string of the molecule is O=C(O)CNC(=O)c1ccccc1.O=C(O)CNC(=O)c1ccccc1. The maximum atomic E-state index is 11.2. The summed E-state index contributed by atoms with van der Waals surface area (Å²) < 4.78 is 0. The van der Waals surface area contributed by atoms with Crippen molar-refractivity contribution in [3.8, 4) is 0 Å². The fourth-order valence-electron chi connectivity index (χ4n) is 1.69. The lowest BCUT2D eigenvalue weighted by atomic mass is 10.2. The maximum absolute atomic E-state index is 11.2. The van der Waals surface area contributed by atoms with Gasteiger partial charge in [-0.25, -0.2) is 0 Å². The molecule has 2 aromatic rings. The Bertz CT molecular complexity index is 681. The van der Waals surface area contributed by atoms with Crippen LogP contribution in [0.1, 0.15) is 20.7 Å². The Labute approximate surface area is 149 Å². The molecular formula is C18H18N2O6. The predicted octanol–water partition coefficient (Wildman–Crippen LogP) is 1.00. The second-order valence-corrected chi connectivity index (χ2v) is 4.88. The van der Waals surface area contributed by atoms with Gasteiger partial charge in [-0.3, -0.25) is 19.2 Å². The third-order valence-corrected chi connectivity index (χ3v) is 2.87. The monoisotopic (exact) mass is 358 g/mol. The highest BCUT2D eigenvalue weighted by Gasteiger charge is 2.05. The molecule has 0 atom stereocenters. The molecule has 0 aliphatic heterocycles. The first-order valence-electron chi connectivity index (χ1n) is 7.50. The van der Waals surface area contributed by atoms with Gasteiger partial charge in [0.2, 0.25) is 0 Å². The largest absolute Gasteiger partial charge is 0.480 e. The molecule has 8 heteroatoms. The Hall–Kier alpha value is -3.68. The van der Waals surface area contributed by atoms with Gasteiger partial charge in [0.15, 0.2) is 0 Å². The van der Waals surface area contributed by atoms with Gasteiger partial charge in [0.05, 0.1) is 0 Å². The van der Waals surface area contributed by atoms with Gasteiger partial charge in [-0.05, 0) is 24.3 Å². The molecule has 8 nitrogen and oxygen atoms in total. The van der Waals surface area contributed by atoms with Gasteiger partial charge in [-0.2, -0.15) is 0 Å². The molecule has 136 valence electrons. The molecule has 0 radical (unpaired) electrons. The molecule has 2 rings (SSSR count). The normalized spacial score (nSPS) is 9.23. The van der Waals surface area contributed by atoms with Crippen molar-refractivity contribution in [2.45, 2.75) is 0 Å². The van der Waals surface area contributed by atoms with Gasteiger partial charge in [0.25, 0.3) is 11.8 Å². The highest BCUT2D eigenvalue weighted by molar-refractivity contribution is 5.96. The van der Waals surface area contributed by atoms with E-state index in [0.29, 0.717) is 11.1 Å². The van der Waals surface area contributed by atoms with Gasteiger partial charge < -0.3 is 20.8 Å². The van der Waals surface area contributed by atoms with E-state index < -0.39 is 11.9 Å². The Kier molecular flexibility index (Phi) is 8.60. The van der Waals surface area contributed by atoms with E-state index in [2.05, 4.69) is 10.6 Å². The molecular weight excluding hydrogens is 340 g/mol. The van der Waals surface area contributed by atoms with Crippen LogP contribution in [-0.2, 0) is 9.59 Å². The lowest BCUT2D eigenvalue weighted by molar-refractivity contribution is -0.136. The first kappa shape index (κ1) is 20.4. The van der Waals surface area contributed by atoms with Crippen molar-refractivity contribution in [1.29, 1.82) is 0 Å². The maximum Gasteiger partial charge on any atom is 0.322 e. The topological polar surface area (TPSA) is 133 Å². The lowest BCUT2D eigenvalue weighted by Crippen LogP contribution is -2.29. The molecule has 0 bridgehead atoms. The smallest absolute Gasteiger partial charge is 0.322 e. The second kappa shape index (κ2) is 11.0.